The van der Waals surface area contributed by atoms with Crippen LogP contribution in [0.3, 0.4) is 0 Å². The Kier molecular flexibility index (Phi) is 20.7. The first-order valence-electron chi connectivity index (χ1n) is 26.6. The fraction of sp³-hybridized carbons (Fsp3) is 0.500. The zero-order chi connectivity index (χ0) is 55.7. The Morgan fingerprint density at radius 3 is 1.40 bits per heavy atom. The van der Waals surface area contributed by atoms with Crippen molar-refractivity contribution in [2.45, 2.75) is 189 Å². The number of rotatable bonds is 26. The maximum Gasteiger partial charge on any atom is 0.124 e. The SMILES string of the molecule is Cc1cc(CCCCCCCCCCCCc2ccc(N(Nc3c(N(O)O)cc(N(O)O)cc3N(O)O)c3ccc(C)c(C(C)(C)CC(C)(C)C)c3)cc2C(C)(C)CC(C)(C)C)cc(-c2ccc(S(O)(O)O)cc2)c1. The maximum absolute atomic E-state index is 10.5. The standard InChI is InChI=1S/C60H89N5O9S/c1-42-33-44(35-47(34-42)45-27-31-51(32-28-45)75(72,73)74)23-21-19-17-15-13-14-16-18-20-22-24-46-26-30-49(37-53(46)60(11,12)41-58(6,7)8)62(48-29-25-43(2)52(36-48)59(9,10)40-57(3,4)5)61-56-54(64(68)69)38-50(63(66)67)39-55(56)65(70)71/h25-39,61,66-74H,13-24,40-41H2,1-12H3. The minimum atomic E-state index is -3.73. The molecule has 0 aliphatic carbocycles. The molecule has 14 nitrogen and oxygen atoms in total. The minimum absolute atomic E-state index is 0.0109. The highest BCUT2D eigenvalue weighted by Gasteiger charge is 2.33. The molecule has 414 valence electrons. The molecule has 0 fully saturated rings. The molecular weight excluding hydrogens is 967 g/mol. The number of nitrogens with one attached hydrogen (secondary N) is 1. The summed E-state index contributed by atoms with van der Waals surface area (Å²) in [5.74, 6) is 0. The molecule has 0 aliphatic rings. The van der Waals surface area contributed by atoms with Crippen molar-refractivity contribution in [1.29, 1.82) is 0 Å². The Morgan fingerprint density at radius 1 is 0.453 bits per heavy atom. The fourth-order valence-corrected chi connectivity index (χ4v) is 12.0. The lowest BCUT2D eigenvalue weighted by Crippen LogP contribution is -2.31. The zero-order valence-corrected chi connectivity index (χ0v) is 47.6. The average Bonchev–Trinajstić information content (AvgIpc) is 3.29. The summed E-state index contributed by atoms with van der Waals surface area (Å²) >= 11 is 0. The molecule has 0 saturated heterocycles. The predicted octanol–water partition coefficient (Wildman–Crippen LogP) is 17.6. The number of unbranched alkanes of at least 4 members (excludes halogenated alkanes) is 9. The Balaban J connectivity index is 1.29. The third-order valence-corrected chi connectivity index (χ3v) is 14.9. The molecule has 10 N–H and O–H groups in total. The molecule has 0 unspecified atom stereocenters. The molecule has 0 saturated carbocycles. The van der Waals surface area contributed by atoms with Crippen LogP contribution in [-0.4, -0.2) is 44.9 Å². The number of benzene rings is 5. The molecule has 0 spiro atoms. The second-order valence-electron chi connectivity index (χ2n) is 24.5. The average molecular weight is 1060 g/mol. The molecule has 0 aromatic heterocycles. The van der Waals surface area contributed by atoms with Gasteiger partial charge in [0, 0.05) is 0 Å². The molecule has 5 aromatic carbocycles. The first-order chi connectivity index (χ1) is 34.8. The molecule has 75 heavy (non-hydrogen) atoms. The molecule has 0 bridgehead atoms. The van der Waals surface area contributed by atoms with Gasteiger partial charge in [-0.15, -0.1) is 15.7 Å². The summed E-state index contributed by atoms with van der Waals surface area (Å²) in [5, 5.41) is 63.0. The van der Waals surface area contributed by atoms with Gasteiger partial charge in [-0.25, -0.2) is 0 Å². The highest BCUT2D eigenvalue weighted by atomic mass is 32.3. The van der Waals surface area contributed by atoms with Crippen molar-refractivity contribution >= 4 is 45.0 Å². The lowest BCUT2D eigenvalue weighted by Gasteiger charge is -2.37. The Bertz CT molecular complexity index is 2600. The second kappa shape index (κ2) is 25.5. The molecule has 5 rings (SSSR count). The van der Waals surface area contributed by atoms with E-state index < -0.39 is 22.2 Å². The first-order valence-corrected chi connectivity index (χ1v) is 28.1. The quantitative estimate of drug-likeness (QED) is 0.0185. The normalized spacial score (nSPS) is 12.8. The van der Waals surface area contributed by atoms with E-state index in [1.165, 1.54) is 67.2 Å². The highest BCUT2D eigenvalue weighted by molar-refractivity contribution is 8.19. The van der Waals surface area contributed by atoms with Gasteiger partial charge in [0.25, 0.3) is 0 Å². The van der Waals surface area contributed by atoms with Crippen LogP contribution in [0.5, 0.6) is 0 Å². The summed E-state index contributed by atoms with van der Waals surface area (Å²) in [5.41, 5.74) is 12.1. The maximum atomic E-state index is 10.5. The van der Waals surface area contributed by atoms with Crippen LogP contribution >= 0.6 is 10.9 Å². The van der Waals surface area contributed by atoms with Crippen LogP contribution in [-0.2, 0) is 23.7 Å². The Hall–Kier alpha value is -4.91. The van der Waals surface area contributed by atoms with Gasteiger partial charge in [0.05, 0.1) is 22.0 Å². The van der Waals surface area contributed by atoms with Gasteiger partial charge in [0.15, 0.2) is 0 Å². The van der Waals surface area contributed by atoms with Crippen LogP contribution in [0.4, 0.5) is 34.1 Å². The summed E-state index contributed by atoms with van der Waals surface area (Å²) in [6.45, 7) is 26.7. The van der Waals surface area contributed by atoms with Crippen LogP contribution in [0.2, 0.25) is 0 Å². The third kappa shape index (κ3) is 17.8. The fourth-order valence-electron chi connectivity index (χ4n) is 11.5. The van der Waals surface area contributed by atoms with E-state index in [1.54, 1.807) is 17.1 Å². The lowest BCUT2D eigenvalue weighted by atomic mass is 9.70. The van der Waals surface area contributed by atoms with Crippen molar-refractivity contribution in [3.63, 3.8) is 0 Å². The summed E-state index contributed by atoms with van der Waals surface area (Å²) in [4.78, 5) is 0.115. The minimum Gasteiger partial charge on any atom is -0.304 e. The summed E-state index contributed by atoms with van der Waals surface area (Å²) in [6.07, 6.45) is 15.5. The van der Waals surface area contributed by atoms with Gasteiger partial charge in [-0.3, -0.25) is 41.7 Å². The smallest absolute Gasteiger partial charge is 0.124 e. The number of aryl methyl sites for hydroxylation is 4. The molecule has 5 aromatic rings. The third-order valence-electron chi connectivity index (χ3n) is 14.0. The zero-order valence-electron chi connectivity index (χ0n) is 46.8. The van der Waals surface area contributed by atoms with Gasteiger partial charge in [0.1, 0.15) is 27.9 Å². The van der Waals surface area contributed by atoms with Crippen LogP contribution in [0, 0.1) is 24.7 Å². The predicted molar refractivity (Wildman–Crippen MR) is 306 cm³/mol. The van der Waals surface area contributed by atoms with Crippen LogP contribution in [0.15, 0.2) is 95.9 Å². The molecule has 0 heterocycles. The number of hydrazine groups is 1. The van der Waals surface area contributed by atoms with E-state index in [4.69, 9.17) is 0 Å². The van der Waals surface area contributed by atoms with E-state index >= 15 is 0 Å². The van der Waals surface area contributed by atoms with E-state index in [9.17, 15) is 44.9 Å². The molecular formula is C60H89N5O9S. The monoisotopic (exact) mass is 1060 g/mol. The van der Waals surface area contributed by atoms with Gasteiger partial charge >= 0.3 is 0 Å². The first kappa shape index (κ1) is 60.9. The van der Waals surface area contributed by atoms with Gasteiger partial charge in [-0.2, -0.15) is 0 Å². The van der Waals surface area contributed by atoms with Gasteiger partial charge < -0.3 is 13.7 Å². The second-order valence-corrected chi connectivity index (χ2v) is 26.1. The lowest BCUT2D eigenvalue weighted by molar-refractivity contribution is 0.0235. The Morgan fingerprint density at radius 2 is 0.920 bits per heavy atom. The summed E-state index contributed by atoms with van der Waals surface area (Å²) in [6, 6.07) is 28.1. The van der Waals surface area contributed by atoms with Crippen molar-refractivity contribution < 1.29 is 44.9 Å². The molecule has 0 atom stereocenters. The van der Waals surface area contributed by atoms with Crippen molar-refractivity contribution in [1.82, 2.24) is 0 Å². The van der Waals surface area contributed by atoms with E-state index in [1.807, 2.05) is 24.3 Å². The van der Waals surface area contributed by atoms with Crippen LogP contribution in [0.1, 0.15) is 180 Å². The van der Waals surface area contributed by atoms with Gasteiger partial charge in [-0.1, -0.05) is 169 Å². The molecule has 0 amide bonds. The van der Waals surface area contributed by atoms with Gasteiger partial charge in [0.2, 0.25) is 0 Å². The summed E-state index contributed by atoms with van der Waals surface area (Å²) in [7, 11) is -3.73. The molecule has 15 heteroatoms. The molecule has 0 radical (unpaired) electrons. The van der Waals surface area contributed by atoms with Crippen molar-refractivity contribution in [3.05, 3.63) is 124 Å². The van der Waals surface area contributed by atoms with E-state index in [0.29, 0.717) is 11.4 Å². The van der Waals surface area contributed by atoms with E-state index in [0.717, 1.165) is 79.3 Å². The van der Waals surface area contributed by atoms with Crippen molar-refractivity contribution in [3.8, 4) is 11.1 Å². The van der Waals surface area contributed by atoms with Crippen molar-refractivity contribution in [2.75, 3.05) is 26.1 Å². The number of hydrogen-bond acceptors (Lipinski definition) is 14. The number of nitrogens with zero attached hydrogens (tertiary/aromatic N) is 4. The highest BCUT2D eigenvalue weighted by Crippen LogP contribution is 2.46. The Labute approximate surface area is 449 Å². The topological polar surface area (TPSA) is 207 Å². The largest absolute Gasteiger partial charge is 0.304 e. The van der Waals surface area contributed by atoms with E-state index in [-0.39, 0.29) is 53.6 Å². The van der Waals surface area contributed by atoms with E-state index in [2.05, 4.69) is 131 Å². The van der Waals surface area contributed by atoms with Gasteiger partial charge in [-0.05, 0) is 162 Å². The number of hydrogen-bond donors (Lipinski definition) is 10. The van der Waals surface area contributed by atoms with Crippen molar-refractivity contribution in [2.24, 2.45) is 10.8 Å². The number of anilines is 6. The molecule has 0 aliphatic heterocycles. The van der Waals surface area contributed by atoms with Crippen LogP contribution in [0.25, 0.3) is 11.1 Å². The summed E-state index contributed by atoms with van der Waals surface area (Å²) < 4.78 is 28.7. The van der Waals surface area contributed by atoms with Crippen LogP contribution < -0.4 is 26.1 Å².